The number of hydrogen-bond acceptors (Lipinski definition) is 5. The molecule has 3 heterocycles. The van der Waals surface area contributed by atoms with Gasteiger partial charge in [-0.2, -0.15) is 0 Å². The van der Waals surface area contributed by atoms with E-state index >= 15 is 0 Å². The number of anilines is 1. The first kappa shape index (κ1) is 18.3. The summed E-state index contributed by atoms with van der Waals surface area (Å²) in [7, 11) is 0. The summed E-state index contributed by atoms with van der Waals surface area (Å²) >= 11 is 1.43. The number of rotatable bonds is 5. The van der Waals surface area contributed by atoms with Crippen molar-refractivity contribution in [3.8, 4) is 11.3 Å². The predicted octanol–water partition coefficient (Wildman–Crippen LogP) is 4.14. The van der Waals surface area contributed by atoms with Gasteiger partial charge in [-0.25, -0.2) is 14.2 Å². The number of halogens is 1. The minimum Gasteiger partial charge on any atom is -0.408 e. The molecule has 0 fully saturated rings. The van der Waals surface area contributed by atoms with Crippen LogP contribution in [0.25, 0.3) is 27.3 Å². The van der Waals surface area contributed by atoms with Gasteiger partial charge < -0.3 is 9.73 Å². The first-order valence-electron chi connectivity index (χ1n) is 9.20. The van der Waals surface area contributed by atoms with E-state index in [1.807, 2.05) is 17.6 Å². The van der Waals surface area contributed by atoms with E-state index in [2.05, 4.69) is 10.3 Å². The Morgan fingerprint density at radius 3 is 2.80 bits per heavy atom. The molecule has 0 radical (unpaired) electrons. The Labute approximate surface area is 173 Å². The molecule has 0 saturated carbocycles. The van der Waals surface area contributed by atoms with Crippen molar-refractivity contribution >= 4 is 39.1 Å². The van der Waals surface area contributed by atoms with Gasteiger partial charge in [0, 0.05) is 30.1 Å². The first-order chi connectivity index (χ1) is 14.6. The van der Waals surface area contributed by atoms with E-state index in [9.17, 15) is 14.0 Å². The molecule has 30 heavy (non-hydrogen) atoms. The number of carbonyl (C=O) groups is 1. The molecule has 0 atom stereocenters. The van der Waals surface area contributed by atoms with E-state index < -0.39 is 5.76 Å². The van der Waals surface area contributed by atoms with Gasteiger partial charge in [-0.05, 0) is 36.4 Å². The summed E-state index contributed by atoms with van der Waals surface area (Å²) in [6.45, 7) is 0.180. The van der Waals surface area contributed by atoms with Gasteiger partial charge in [0.2, 0.25) is 5.91 Å². The van der Waals surface area contributed by atoms with Crippen LogP contribution >= 0.6 is 11.3 Å². The number of hydrogen-bond donors (Lipinski definition) is 1. The Hall–Kier alpha value is -3.72. The number of benzene rings is 2. The molecule has 5 rings (SSSR count). The topological polar surface area (TPSA) is 81.5 Å². The summed E-state index contributed by atoms with van der Waals surface area (Å²) in [4.78, 5) is 30.1. The highest BCUT2D eigenvalue weighted by molar-refractivity contribution is 7.15. The predicted molar refractivity (Wildman–Crippen MR) is 112 cm³/mol. The van der Waals surface area contributed by atoms with Crippen molar-refractivity contribution in [2.75, 3.05) is 5.32 Å². The zero-order valence-electron chi connectivity index (χ0n) is 15.5. The van der Waals surface area contributed by atoms with Crippen LogP contribution in [-0.4, -0.2) is 19.9 Å². The number of nitrogens with zero attached hydrogens (tertiary/aromatic N) is 3. The lowest BCUT2D eigenvalue weighted by atomic mass is 10.1. The van der Waals surface area contributed by atoms with Gasteiger partial charge >= 0.3 is 5.76 Å². The lowest BCUT2D eigenvalue weighted by Crippen LogP contribution is -2.20. The zero-order valence-corrected chi connectivity index (χ0v) is 16.4. The third-order valence-electron chi connectivity index (χ3n) is 4.77. The van der Waals surface area contributed by atoms with E-state index in [-0.39, 0.29) is 24.7 Å². The Morgan fingerprint density at radius 2 is 1.97 bits per heavy atom. The van der Waals surface area contributed by atoms with Crippen LogP contribution in [0.5, 0.6) is 0 Å². The number of imidazole rings is 1. The Morgan fingerprint density at radius 1 is 1.17 bits per heavy atom. The molecular formula is C21H15FN4O3S. The molecule has 0 aliphatic heterocycles. The molecule has 1 N–H and O–H groups in total. The Bertz CT molecular complexity index is 1430. The molecule has 0 aliphatic rings. The first-order valence-corrected chi connectivity index (χ1v) is 10.1. The van der Waals surface area contributed by atoms with E-state index in [4.69, 9.17) is 4.42 Å². The van der Waals surface area contributed by atoms with E-state index in [1.165, 1.54) is 28.0 Å². The number of thiazole rings is 1. The highest BCUT2D eigenvalue weighted by atomic mass is 32.1. The second-order valence-electron chi connectivity index (χ2n) is 6.66. The fourth-order valence-corrected chi connectivity index (χ4v) is 4.06. The number of oxazole rings is 1. The maximum absolute atomic E-state index is 13.3. The third-order valence-corrected chi connectivity index (χ3v) is 5.53. The number of aryl methyl sites for hydroxylation is 1. The molecule has 7 nitrogen and oxygen atoms in total. The number of carbonyl (C=O) groups excluding carboxylic acids is 1. The van der Waals surface area contributed by atoms with Crippen LogP contribution in [0.1, 0.15) is 6.42 Å². The second kappa shape index (κ2) is 7.27. The molecule has 2 aromatic carbocycles. The molecule has 1 amide bonds. The summed E-state index contributed by atoms with van der Waals surface area (Å²) in [6, 6.07) is 13.0. The lowest BCUT2D eigenvalue weighted by molar-refractivity contribution is -0.116. The average molecular weight is 422 g/mol. The van der Waals surface area contributed by atoms with Gasteiger partial charge in [0.15, 0.2) is 10.5 Å². The van der Waals surface area contributed by atoms with Crippen molar-refractivity contribution in [2.24, 2.45) is 0 Å². The van der Waals surface area contributed by atoms with Crippen molar-refractivity contribution in [1.82, 2.24) is 14.0 Å². The van der Waals surface area contributed by atoms with Crippen molar-refractivity contribution in [2.45, 2.75) is 13.0 Å². The van der Waals surface area contributed by atoms with Gasteiger partial charge in [0.1, 0.15) is 17.3 Å². The minimum absolute atomic E-state index is 0.0731. The van der Waals surface area contributed by atoms with Crippen molar-refractivity contribution in [3.05, 3.63) is 76.5 Å². The molecule has 3 aromatic heterocycles. The van der Waals surface area contributed by atoms with Gasteiger partial charge in [-0.1, -0.05) is 12.1 Å². The number of para-hydroxylation sites is 2. The lowest BCUT2D eigenvalue weighted by Gasteiger charge is -2.08. The van der Waals surface area contributed by atoms with Crippen LogP contribution in [-0.2, 0) is 11.3 Å². The highest BCUT2D eigenvalue weighted by Gasteiger charge is 2.18. The average Bonchev–Trinajstić information content (AvgIpc) is 3.41. The van der Waals surface area contributed by atoms with Gasteiger partial charge in [0.05, 0.1) is 5.52 Å². The standard InChI is InChI=1S/C21H15FN4O3S/c22-14-7-5-13(6-8-14)18-19(26-11-12-30-20(26)24-18)23-17(27)9-10-25-15-3-1-2-4-16(15)29-21(25)28/h1-8,11-12H,9-10H2,(H,23,27). The Balaban J connectivity index is 1.41. The quantitative estimate of drug-likeness (QED) is 0.462. The van der Waals surface area contributed by atoms with Gasteiger partial charge in [-0.3, -0.25) is 13.8 Å². The van der Waals surface area contributed by atoms with Crippen molar-refractivity contribution in [1.29, 1.82) is 0 Å². The van der Waals surface area contributed by atoms with Crippen molar-refractivity contribution in [3.63, 3.8) is 0 Å². The molecule has 150 valence electrons. The minimum atomic E-state index is -0.499. The summed E-state index contributed by atoms with van der Waals surface area (Å²) in [5.41, 5.74) is 2.38. The van der Waals surface area contributed by atoms with Crippen LogP contribution in [0, 0.1) is 5.82 Å². The molecule has 0 unspecified atom stereocenters. The van der Waals surface area contributed by atoms with E-state index in [1.54, 1.807) is 34.7 Å². The second-order valence-corrected chi connectivity index (χ2v) is 7.53. The highest BCUT2D eigenvalue weighted by Crippen LogP contribution is 2.31. The summed E-state index contributed by atoms with van der Waals surface area (Å²) in [6.07, 6.45) is 1.88. The number of amides is 1. The third kappa shape index (κ3) is 3.18. The molecule has 0 saturated heterocycles. The summed E-state index contributed by atoms with van der Waals surface area (Å²) < 4.78 is 21.7. The molecule has 5 aromatic rings. The molecule has 9 heteroatoms. The van der Waals surface area contributed by atoms with Crippen LogP contribution in [0.15, 0.2) is 69.3 Å². The SMILES string of the molecule is O=C(CCn1c(=O)oc2ccccc21)Nc1c(-c2ccc(F)cc2)nc2sccn12. The largest absolute Gasteiger partial charge is 0.419 e. The number of aromatic nitrogens is 3. The normalized spacial score (nSPS) is 11.4. The maximum atomic E-state index is 13.3. The maximum Gasteiger partial charge on any atom is 0.419 e. The molecule has 0 bridgehead atoms. The zero-order chi connectivity index (χ0) is 20.7. The molecule has 0 aliphatic carbocycles. The van der Waals surface area contributed by atoms with Crippen LogP contribution < -0.4 is 11.1 Å². The van der Waals surface area contributed by atoms with Gasteiger partial charge in [-0.15, -0.1) is 11.3 Å². The smallest absolute Gasteiger partial charge is 0.408 e. The van der Waals surface area contributed by atoms with E-state index in [0.29, 0.717) is 33.1 Å². The monoisotopic (exact) mass is 422 g/mol. The fourth-order valence-electron chi connectivity index (χ4n) is 3.35. The van der Waals surface area contributed by atoms with Crippen LogP contribution in [0.3, 0.4) is 0 Å². The van der Waals surface area contributed by atoms with E-state index in [0.717, 1.165) is 0 Å². The number of nitrogens with one attached hydrogen (secondary N) is 1. The fraction of sp³-hybridized carbons (Fsp3) is 0.0952. The molecule has 0 spiro atoms. The van der Waals surface area contributed by atoms with Crippen LogP contribution in [0.2, 0.25) is 0 Å². The molecular weight excluding hydrogens is 407 g/mol. The van der Waals surface area contributed by atoms with Crippen LogP contribution in [0.4, 0.5) is 10.2 Å². The van der Waals surface area contributed by atoms with Crippen molar-refractivity contribution < 1.29 is 13.6 Å². The summed E-state index contributed by atoms with van der Waals surface area (Å²) in [5, 5.41) is 4.76. The summed E-state index contributed by atoms with van der Waals surface area (Å²) in [5.74, 6) is -0.612. The number of fused-ring (bicyclic) bond motifs is 2. The Kier molecular flexibility index (Phi) is 4.44. The van der Waals surface area contributed by atoms with Gasteiger partial charge in [0.25, 0.3) is 0 Å².